The Labute approximate surface area is 235 Å². The highest BCUT2D eigenvalue weighted by molar-refractivity contribution is 7.99. The summed E-state index contributed by atoms with van der Waals surface area (Å²) >= 11 is 1.31. The van der Waals surface area contributed by atoms with Crippen molar-refractivity contribution < 1.29 is 39.4 Å². The largest absolute Gasteiger partial charge is 0.504 e. The third kappa shape index (κ3) is 6.25. The molecule has 1 aliphatic rings. The van der Waals surface area contributed by atoms with Gasteiger partial charge < -0.3 is 40.4 Å². The highest BCUT2D eigenvalue weighted by Gasteiger charge is 2.45. The van der Waals surface area contributed by atoms with Crippen molar-refractivity contribution in [1.29, 1.82) is 0 Å². The number of esters is 1. The summed E-state index contributed by atoms with van der Waals surface area (Å²) in [6, 6.07) is 4.56. The molecule has 6 N–H and O–H groups in total. The number of aliphatic hydroxyl groups excluding tert-OH is 3. The number of phenolic OH excluding ortho intramolecular Hbond substituents is 1. The van der Waals surface area contributed by atoms with Gasteiger partial charge in [-0.15, -0.1) is 0 Å². The molecule has 3 aromatic rings. The number of imidazole rings is 1. The highest BCUT2D eigenvalue weighted by atomic mass is 32.2. The van der Waals surface area contributed by atoms with Gasteiger partial charge in [-0.25, -0.2) is 19.7 Å². The molecule has 5 atom stereocenters. The van der Waals surface area contributed by atoms with Crippen LogP contribution in [0.4, 0.5) is 5.82 Å². The average Bonchev–Trinajstić information content (AvgIpc) is 3.45. The Bertz CT molecular complexity index is 1310. The molecule has 0 saturated carbocycles. The van der Waals surface area contributed by atoms with Crippen molar-refractivity contribution in [3.8, 4) is 11.5 Å². The Balaban J connectivity index is 1.44. The maximum Gasteiger partial charge on any atom is 0.342 e. The fourth-order valence-electron chi connectivity index (χ4n) is 4.45. The number of nitrogens with zero attached hydrogens (tertiary/aromatic N) is 4. The number of ether oxygens (including phenoxy) is 3. The van der Waals surface area contributed by atoms with Crippen LogP contribution in [0.3, 0.4) is 0 Å². The number of aromatic hydroxyl groups is 1. The molecule has 40 heavy (non-hydrogen) atoms. The second-order valence-electron chi connectivity index (χ2n) is 9.35. The predicted octanol–water partition coefficient (Wildman–Crippen LogP) is 2.02. The zero-order chi connectivity index (χ0) is 28.8. The van der Waals surface area contributed by atoms with Crippen molar-refractivity contribution in [2.45, 2.75) is 75.3 Å². The molecule has 3 heterocycles. The molecule has 218 valence electrons. The first kappa shape index (κ1) is 29.8. The van der Waals surface area contributed by atoms with Crippen LogP contribution in [-0.2, 0) is 9.47 Å². The van der Waals surface area contributed by atoms with Crippen LogP contribution >= 0.6 is 11.8 Å². The number of para-hydroxylation sites is 1. The Morgan fingerprint density at radius 1 is 1.25 bits per heavy atom. The molecule has 1 aromatic carbocycles. The van der Waals surface area contributed by atoms with Crippen LogP contribution in [0.2, 0.25) is 0 Å². The second-order valence-corrected chi connectivity index (χ2v) is 10.4. The van der Waals surface area contributed by atoms with E-state index in [4.69, 9.17) is 19.9 Å². The maximum absolute atomic E-state index is 12.8. The van der Waals surface area contributed by atoms with Gasteiger partial charge in [-0.2, -0.15) is 0 Å². The van der Waals surface area contributed by atoms with Gasteiger partial charge in [-0.1, -0.05) is 38.1 Å². The van der Waals surface area contributed by atoms with E-state index >= 15 is 0 Å². The van der Waals surface area contributed by atoms with E-state index in [2.05, 4.69) is 15.0 Å². The summed E-state index contributed by atoms with van der Waals surface area (Å²) in [5.74, 6) is -0.0281. The molecule has 0 spiro atoms. The highest BCUT2D eigenvalue weighted by Crippen LogP contribution is 2.37. The minimum atomic E-state index is -1.34. The van der Waals surface area contributed by atoms with Crippen LogP contribution in [-0.4, -0.2) is 89.3 Å². The number of aromatic nitrogens is 4. The Morgan fingerprint density at radius 3 is 2.75 bits per heavy atom. The predicted molar refractivity (Wildman–Crippen MR) is 146 cm³/mol. The molecule has 2 aromatic heterocycles. The molecule has 0 bridgehead atoms. The van der Waals surface area contributed by atoms with Crippen molar-refractivity contribution >= 4 is 34.7 Å². The lowest BCUT2D eigenvalue weighted by Gasteiger charge is -2.19. The molecule has 0 amide bonds. The standard InChI is InChI=1S/C26H35N5O8S/c1-3-7-14(4-2)38-25(36)15-8-5-9-16(33)21(15)37-10-6-11-40-26-30-18-22(27)28-13-29-23(18)31(26)24-20(35)19(34)17(12-32)39-24/h5,8-9,13-14,17,19-20,24,32-35H,3-4,6-7,10-12H2,1-2H3,(H2,27,28,29)/t14?,17-,19?,20?,24-/m1/s1. The zero-order valence-corrected chi connectivity index (χ0v) is 23.2. The summed E-state index contributed by atoms with van der Waals surface area (Å²) in [5.41, 5.74) is 6.77. The Hall–Kier alpha value is -3.17. The first-order valence-electron chi connectivity index (χ1n) is 13.2. The third-order valence-corrected chi connectivity index (χ3v) is 7.60. The molecule has 1 saturated heterocycles. The van der Waals surface area contributed by atoms with Crippen molar-refractivity contribution in [2.24, 2.45) is 0 Å². The van der Waals surface area contributed by atoms with Gasteiger partial charge in [-0.3, -0.25) is 4.57 Å². The van der Waals surface area contributed by atoms with Crippen LogP contribution in [0.5, 0.6) is 11.5 Å². The van der Waals surface area contributed by atoms with Gasteiger partial charge >= 0.3 is 5.97 Å². The van der Waals surface area contributed by atoms with Gasteiger partial charge in [0.25, 0.3) is 0 Å². The number of nitrogens with two attached hydrogens (primary N) is 1. The van der Waals surface area contributed by atoms with Gasteiger partial charge in [0.2, 0.25) is 0 Å². The molecular formula is C26H35N5O8S. The number of carbonyl (C=O) groups excluding carboxylic acids is 1. The molecule has 3 unspecified atom stereocenters. The van der Waals surface area contributed by atoms with E-state index in [9.17, 15) is 25.2 Å². The van der Waals surface area contributed by atoms with Crippen LogP contribution in [0.1, 0.15) is 56.1 Å². The minimum Gasteiger partial charge on any atom is -0.504 e. The first-order chi connectivity index (χ1) is 19.3. The normalized spacial score (nSPS) is 21.5. The van der Waals surface area contributed by atoms with Crippen molar-refractivity contribution in [2.75, 3.05) is 24.7 Å². The van der Waals surface area contributed by atoms with Crippen molar-refractivity contribution in [3.05, 3.63) is 30.1 Å². The lowest BCUT2D eigenvalue weighted by atomic mass is 10.1. The number of fused-ring (bicyclic) bond motifs is 1. The minimum absolute atomic E-state index is 0.0608. The number of hydrogen-bond acceptors (Lipinski definition) is 13. The summed E-state index contributed by atoms with van der Waals surface area (Å²) in [6.07, 6.45) is -0.802. The molecule has 1 fully saturated rings. The van der Waals surface area contributed by atoms with Gasteiger partial charge in [0.1, 0.15) is 36.3 Å². The van der Waals surface area contributed by atoms with E-state index in [1.54, 1.807) is 12.1 Å². The molecular weight excluding hydrogens is 542 g/mol. The van der Waals surface area contributed by atoms with Crippen LogP contribution in [0, 0.1) is 0 Å². The third-order valence-electron chi connectivity index (χ3n) is 6.56. The van der Waals surface area contributed by atoms with E-state index in [-0.39, 0.29) is 35.6 Å². The van der Waals surface area contributed by atoms with E-state index < -0.39 is 37.1 Å². The molecule has 1 aliphatic heterocycles. The van der Waals surface area contributed by atoms with Gasteiger partial charge in [0, 0.05) is 5.75 Å². The molecule has 4 rings (SSSR count). The fourth-order valence-corrected chi connectivity index (χ4v) is 5.38. The summed E-state index contributed by atoms with van der Waals surface area (Å²) in [6.45, 7) is 3.67. The monoisotopic (exact) mass is 577 g/mol. The van der Waals surface area contributed by atoms with Crippen molar-refractivity contribution in [3.63, 3.8) is 0 Å². The topological polar surface area (TPSA) is 195 Å². The SMILES string of the molecule is CCCC(CC)OC(=O)c1cccc(O)c1OCCCSc1nc2c(N)ncnc2n1[C@@H]1O[C@H](CO)C(O)C1O. The molecule has 0 aliphatic carbocycles. The quantitative estimate of drug-likeness (QED) is 0.113. The number of aliphatic hydroxyl groups is 3. The lowest BCUT2D eigenvalue weighted by Crippen LogP contribution is -2.33. The molecule has 13 nitrogen and oxygen atoms in total. The molecule has 14 heteroatoms. The number of phenols is 1. The van der Waals surface area contributed by atoms with E-state index in [1.165, 1.54) is 28.7 Å². The number of carbonyl (C=O) groups is 1. The van der Waals surface area contributed by atoms with Crippen LogP contribution in [0.15, 0.2) is 29.7 Å². The zero-order valence-electron chi connectivity index (χ0n) is 22.3. The van der Waals surface area contributed by atoms with Gasteiger partial charge in [-0.05, 0) is 31.4 Å². The van der Waals surface area contributed by atoms with Crippen molar-refractivity contribution in [1.82, 2.24) is 19.5 Å². The number of rotatable bonds is 13. The van der Waals surface area contributed by atoms with Gasteiger partial charge in [0.05, 0.1) is 13.2 Å². The van der Waals surface area contributed by atoms with Gasteiger partial charge in [0.15, 0.2) is 39.9 Å². The maximum atomic E-state index is 12.8. The molecule has 0 radical (unpaired) electrons. The second kappa shape index (κ2) is 13.5. The number of nitrogen functional groups attached to an aromatic ring is 1. The number of hydrogen-bond donors (Lipinski definition) is 5. The lowest BCUT2D eigenvalue weighted by molar-refractivity contribution is -0.0548. The first-order valence-corrected chi connectivity index (χ1v) is 14.2. The summed E-state index contributed by atoms with van der Waals surface area (Å²) in [4.78, 5) is 25.5. The van der Waals surface area contributed by atoms with Crippen LogP contribution < -0.4 is 10.5 Å². The summed E-state index contributed by atoms with van der Waals surface area (Å²) < 4.78 is 18.7. The fraction of sp³-hybridized carbons (Fsp3) is 0.538. The van der Waals surface area contributed by atoms with E-state index in [0.717, 1.165) is 12.8 Å². The number of anilines is 1. The number of thioether (sulfide) groups is 1. The van der Waals surface area contributed by atoms with E-state index in [1.807, 2.05) is 13.8 Å². The van der Waals surface area contributed by atoms with E-state index in [0.29, 0.717) is 34.9 Å². The smallest absolute Gasteiger partial charge is 0.342 e. The number of benzene rings is 1. The Morgan fingerprint density at radius 2 is 2.05 bits per heavy atom. The summed E-state index contributed by atoms with van der Waals surface area (Å²) in [7, 11) is 0. The van der Waals surface area contributed by atoms with Crippen LogP contribution in [0.25, 0.3) is 11.2 Å². The average molecular weight is 578 g/mol. The summed E-state index contributed by atoms with van der Waals surface area (Å²) in [5, 5.41) is 41.2. The Kier molecular flexibility index (Phi) is 10.0.